The number of alkyl halides is 3. The zero-order chi connectivity index (χ0) is 31.3. The lowest BCUT2D eigenvalue weighted by atomic mass is 9.84. The first-order valence-electron chi connectivity index (χ1n) is 12.8. The molecule has 0 saturated carbocycles. The number of ether oxygens (including phenoxy) is 2. The molecule has 2 N–H and O–H groups in total. The lowest BCUT2D eigenvalue weighted by Gasteiger charge is -2.31. The van der Waals surface area contributed by atoms with Crippen molar-refractivity contribution in [1.82, 2.24) is 15.3 Å². The Kier molecular flexibility index (Phi) is 7.44. The molecule has 4 aromatic rings. The Morgan fingerprint density at radius 2 is 1.93 bits per heavy atom. The van der Waals surface area contributed by atoms with Gasteiger partial charge in [0.15, 0.2) is 0 Å². The van der Waals surface area contributed by atoms with Gasteiger partial charge in [0.05, 0.1) is 31.0 Å². The van der Waals surface area contributed by atoms with Gasteiger partial charge in [-0.1, -0.05) is 25.4 Å². The number of fused-ring (bicyclic) bond motifs is 2. The van der Waals surface area contributed by atoms with Crippen LogP contribution in [0.1, 0.15) is 41.2 Å². The van der Waals surface area contributed by atoms with Gasteiger partial charge in [0.2, 0.25) is 5.60 Å². The van der Waals surface area contributed by atoms with E-state index in [1.54, 1.807) is 13.8 Å². The standard InChI is InChI=1S/C30H23ClF4N4O4/c1-28(2)14-43-26-19(28)11-23(39-25(26)16-5-7-21(32)20(31)9-16)29(41,30(33,34)35)13-37-27(40)17-8-15-4-6-18(12-36)38-24(15)22(10-17)42-3/h4-11,41H,13-14H2,1-3H3,(H,37,40). The Morgan fingerprint density at radius 1 is 1.19 bits per heavy atom. The van der Waals surface area contributed by atoms with E-state index >= 15 is 0 Å². The van der Waals surface area contributed by atoms with Crippen LogP contribution in [-0.2, 0) is 11.0 Å². The van der Waals surface area contributed by atoms with Gasteiger partial charge in [-0.25, -0.2) is 14.4 Å². The highest BCUT2D eigenvalue weighted by molar-refractivity contribution is 6.31. The van der Waals surface area contributed by atoms with Crippen molar-refractivity contribution < 1.29 is 36.9 Å². The average molecular weight is 615 g/mol. The number of methoxy groups -OCH3 is 1. The second-order valence-corrected chi connectivity index (χ2v) is 11.0. The number of halogens is 5. The molecular formula is C30H23ClF4N4O4. The van der Waals surface area contributed by atoms with Crippen LogP contribution in [0.3, 0.4) is 0 Å². The van der Waals surface area contributed by atoms with Crippen molar-refractivity contribution in [3.63, 3.8) is 0 Å². The third-order valence-corrected chi connectivity index (χ3v) is 7.51. The molecule has 13 heteroatoms. The Morgan fingerprint density at radius 3 is 2.58 bits per heavy atom. The third-order valence-electron chi connectivity index (χ3n) is 7.22. The van der Waals surface area contributed by atoms with Gasteiger partial charge in [-0.2, -0.15) is 18.4 Å². The number of hydrogen-bond donors (Lipinski definition) is 2. The van der Waals surface area contributed by atoms with Crippen LogP contribution in [-0.4, -0.2) is 47.4 Å². The molecule has 1 aliphatic heterocycles. The number of nitrogens with one attached hydrogen (secondary N) is 1. The first-order valence-corrected chi connectivity index (χ1v) is 13.2. The maximum absolute atomic E-state index is 14.6. The van der Waals surface area contributed by atoms with Crippen molar-refractivity contribution in [3.8, 4) is 28.8 Å². The summed E-state index contributed by atoms with van der Waals surface area (Å²) < 4.78 is 68.9. The summed E-state index contributed by atoms with van der Waals surface area (Å²) in [4.78, 5) is 21.4. The summed E-state index contributed by atoms with van der Waals surface area (Å²) in [5.41, 5.74) is -4.44. The van der Waals surface area contributed by atoms with Gasteiger partial charge in [0, 0.05) is 27.5 Å². The van der Waals surface area contributed by atoms with Crippen molar-refractivity contribution in [2.45, 2.75) is 31.0 Å². The van der Waals surface area contributed by atoms with E-state index in [1.165, 1.54) is 43.5 Å². The normalized spacial score (nSPS) is 15.3. The summed E-state index contributed by atoms with van der Waals surface area (Å²) in [7, 11) is 1.32. The fourth-order valence-electron chi connectivity index (χ4n) is 4.76. The largest absolute Gasteiger partial charge is 0.494 e. The number of benzene rings is 2. The fourth-order valence-corrected chi connectivity index (χ4v) is 4.94. The van der Waals surface area contributed by atoms with Crippen molar-refractivity contribution >= 4 is 28.4 Å². The van der Waals surface area contributed by atoms with Gasteiger partial charge < -0.3 is 19.9 Å². The van der Waals surface area contributed by atoms with Crippen LogP contribution in [0, 0.1) is 17.1 Å². The van der Waals surface area contributed by atoms with Crippen LogP contribution in [0.4, 0.5) is 17.6 Å². The van der Waals surface area contributed by atoms with Gasteiger partial charge in [0.1, 0.15) is 40.3 Å². The van der Waals surface area contributed by atoms with Crippen LogP contribution >= 0.6 is 11.6 Å². The minimum absolute atomic E-state index is 0.0709. The molecule has 0 saturated heterocycles. The number of nitrogens with zero attached hydrogens (tertiary/aromatic N) is 3. The average Bonchev–Trinajstić information content (AvgIpc) is 3.29. The molecule has 1 aliphatic rings. The maximum atomic E-state index is 14.6. The quantitative estimate of drug-likeness (QED) is 0.263. The van der Waals surface area contributed by atoms with Gasteiger partial charge in [-0.15, -0.1) is 0 Å². The number of carbonyl (C=O) groups is 1. The molecule has 1 atom stereocenters. The summed E-state index contributed by atoms with van der Waals surface area (Å²) in [6.07, 6.45) is -5.29. The molecule has 5 rings (SSSR count). The van der Waals surface area contributed by atoms with Crippen molar-refractivity contribution in [2.75, 3.05) is 20.3 Å². The highest BCUT2D eigenvalue weighted by atomic mass is 35.5. The minimum atomic E-state index is -5.29. The van der Waals surface area contributed by atoms with E-state index in [9.17, 15) is 27.5 Å². The molecule has 0 spiro atoms. The lowest BCUT2D eigenvalue weighted by Crippen LogP contribution is -2.51. The summed E-state index contributed by atoms with van der Waals surface area (Å²) in [6.45, 7) is 2.32. The Bertz CT molecular complexity index is 1820. The molecule has 2 aromatic carbocycles. The number of rotatable bonds is 6. The van der Waals surface area contributed by atoms with Gasteiger partial charge >= 0.3 is 6.18 Å². The molecule has 222 valence electrons. The Labute approximate surface area is 247 Å². The Balaban J connectivity index is 1.56. The van der Waals surface area contributed by atoms with Gasteiger partial charge in [-0.3, -0.25) is 4.79 Å². The molecule has 3 heterocycles. The van der Waals surface area contributed by atoms with E-state index < -0.39 is 41.2 Å². The molecule has 0 fully saturated rings. The first-order chi connectivity index (χ1) is 20.2. The van der Waals surface area contributed by atoms with Crippen molar-refractivity contribution in [3.05, 3.63) is 81.9 Å². The third kappa shape index (κ3) is 5.30. The number of amides is 1. The number of nitriles is 1. The van der Waals surface area contributed by atoms with E-state index in [-0.39, 0.29) is 51.2 Å². The van der Waals surface area contributed by atoms with E-state index in [1.807, 2.05) is 6.07 Å². The van der Waals surface area contributed by atoms with E-state index in [0.29, 0.717) is 10.9 Å². The summed E-state index contributed by atoms with van der Waals surface area (Å²) >= 11 is 5.94. The molecule has 0 bridgehead atoms. The zero-order valence-electron chi connectivity index (χ0n) is 22.9. The predicted octanol–water partition coefficient (Wildman–Crippen LogP) is 5.82. The summed E-state index contributed by atoms with van der Waals surface area (Å²) in [5, 5.41) is 22.6. The lowest BCUT2D eigenvalue weighted by molar-refractivity contribution is -0.265. The molecule has 8 nitrogen and oxygen atoms in total. The predicted molar refractivity (Wildman–Crippen MR) is 148 cm³/mol. The molecule has 2 aromatic heterocycles. The van der Waals surface area contributed by atoms with Crippen LogP contribution in [0.25, 0.3) is 22.2 Å². The number of carbonyl (C=O) groups excluding carboxylic acids is 1. The SMILES string of the molecule is COc1cc(C(=O)NCC(O)(c2cc3c(c(-c4ccc(F)c(Cl)c4)n2)OCC3(C)C)C(F)(F)F)cc2ccc(C#N)nc12. The molecule has 1 amide bonds. The zero-order valence-corrected chi connectivity index (χ0v) is 23.7. The van der Waals surface area contributed by atoms with Crippen LogP contribution in [0.5, 0.6) is 11.5 Å². The number of aliphatic hydroxyl groups is 1. The molecular weight excluding hydrogens is 592 g/mol. The number of pyridine rings is 2. The van der Waals surface area contributed by atoms with E-state index in [0.717, 1.165) is 12.1 Å². The van der Waals surface area contributed by atoms with Crippen molar-refractivity contribution in [1.29, 1.82) is 5.26 Å². The second-order valence-electron chi connectivity index (χ2n) is 10.6. The maximum Gasteiger partial charge on any atom is 0.424 e. The topological polar surface area (TPSA) is 117 Å². The van der Waals surface area contributed by atoms with Crippen LogP contribution < -0.4 is 14.8 Å². The number of aromatic nitrogens is 2. The molecule has 1 unspecified atom stereocenters. The highest BCUT2D eigenvalue weighted by Crippen LogP contribution is 2.48. The molecule has 0 radical (unpaired) electrons. The van der Waals surface area contributed by atoms with Crippen LogP contribution in [0.2, 0.25) is 5.02 Å². The highest BCUT2D eigenvalue weighted by Gasteiger charge is 2.57. The molecule has 0 aliphatic carbocycles. The summed E-state index contributed by atoms with van der Waals surface area (Å²) in [6, 6.07) is 12.1. The van der Waals surface area contributed by atoms with E-state index in [4.69, 9.17) is 26.3 Å². The fraction of sp³-hybridized carbons (Fsp3) is 0.267. The van der Waals surface area contributed by atoms with Crippen molar-refractivity contribution in [2.24, 2.45) is 0 Å². The second kappa shape index (κ2) is 10.7. The first kappa shape index (κ1) is 30.0. The molecule has 43 heavy (non-hydrogen) atoms. The number of hydrogen-bond acceptors (Lipinski definition) is 7. The van der Waals surface area contributed by atoms with Gasteiger partial charge in [-0.05, 0) is 48.5 Å². The minimum Gasteiger partial charge on any atom is -0.494 e. The smallest absolute Gasteiger partial charge is 0.424 e. The van der Waals surface area contributed by atoms with E-state index in [2.05, 4.69) is 15.3 Å². The Hall–Kier alpha value is -4.47. The summed E-state index contributed by atoms with van der Waals surface area (Å²) in [5.74, 6) is -1.37. The monoisotopic (exact) mass is 614 g/mol. The van der Waals surface area contributed by atoms with Gasteiger partial charge in [0.25, 0.3) is 5.91 Å². The van der Waals surface area contributed by atoms with Crippen LogP contribution in [0.15, 0.2) is 48.5 Å².